The molecular formula is C34H35N5O8. The first-order valence-electron chi connectivity index (χ1n) is 15.6. The number of ether oxygens (including phenoxy) is 2. The summed E-state index contributed by atoms with van der Waals surface area (Å²) >= 11 is 0. The fourth-order valence-corrected chi connectivity index (χ4v) is 6.61. The van der Waals surface area contributed by atoms with Crippen molar-refractivity contribution < 1.29 is 37.8 Å². The Bertz CT molecular complexity index is 1860. The number of carbonyl (C=O) groups excluding carboxylic acids is 3. The molecular weight excluding hydrogens is 606 g/mol. The van der Waals surface area contributed by atoms with Crippen LogP contribution in [-0.2, 0) is 37.6 Å². The van der Waals surface area contributed by atoms with Gasteiger partial charge in [0.05, 0.1) is 0 Å². The van der Waals surface area contributed by atoms with Crippen LogP contribution >= 0.6 is 0 Å². The van der Waals surface area contributed by atoms with E-state index in [0.29, 0.717) is 29.4 Å². The summed E-state index contributed by atoms with van der Waals surface area (Å²) in [5.74, 6) is -0.290. The van der Waals surface area contributed by atoms with E-state index in [1.807, 2.05) is 56.3 Å². The summed E-state index contributed by atoms with van der Waals surface area (Å²) in [6.07, 6.45) is -0.388. The monoisotopic (exact) mass is 641 g/mol. The number of hydrogen-bond acceptors (Lipinski definition) is 11. The number of nitrogens with zero attached hydrogens (tertiary/aromatic N) is 2. The van der Waals surface area contributed by atoms with E-state index in [9.17, 15) is 19.5 Å². The Morgan fingerprint density at radius 3 is 2.72 bits per heavy atom. The van der Waals surface area contributed by atoms with Crippen molar-refractivity contribution in [2.45, 2.75) is 70.6 Å². The lowest BCUT2D eigenvalue weighted by molar-refractivity contribution is -0.136. The number of para-hydroxylation sites is 1. The highest BCUT2D eigenvalue weighted by atomic mass is 16.5. The van der Waals surface area contributed by atoms with Gasteiger partial charge in [0.15, 0.2) is 17.7 Å². The van der Waals surface area contributed by atoms with Crippen molar-refractivity contribution >= 4 is 24.0 Å². The van der Waals surface area contributed by atoms with Gasteiger partial charge in [0.1, 0.15) is 47.9 Å². The van der Waals surface area contributed by atoms with Crippen LogP contribution in [0.3, 0.4) is 0 Å². The molecule has 47 heavy (non-hydrogen) atoms. The number of aliphatic hydroxyl groups excluding tert-OH is 1. The Morgan fingerprint density at radius 1 is 1.15 bits per heavy atom. The van der Waals surface area contributed by atoms with Crippen molar-refractivity contribution in [2.24, 2.45) is 11.8 Å². The Balaban J connectivity index is 1.46. The predicted molar refractivity (Wildman–Crippen MR) is 166 cm³/mol. The van der Waals surface area contributed by atoms with Gasteiger partial charge in [-0.05, 0) is 35.1 Å². The first-order valence-corrected chi connectivity index (χ1v) is 15.6. The van der Waals surface area contributed by atoms with E-state index < -0.39 is 41.6 Å². The molecule has 4 bridgehead atoms. The van der Waals surface area contributed by atoms with E-state index in [1.165, 1.54) is 6.26 Å². The standard InChI is InChI=1S/C34H35N5O8/c1-16(2)25-32-39-26(31-35-19(14-45-31)13-44-15-40)28(47-32)34-20-7-5-6-8-22(20)37-33(34)46-24-10-9-18(11-21(24)34)12-23(29(42)38-25)36-30(43)27(41)17(3)4/h5-11,14-17,23,25,27,33,37,41H,12-13H2,1-4H3,(H,36,43)(H,38,42)/t23?,25?,27-,33?,34?/m0/s1. The zero-order valence-electron chi connectivity index (χ0n) is 26.3. The molecule has 2 aromatic carbocycles. The third kappa shape index (κ3) is 4.92. The predicted octanol–water partition coefficient (Wildman–Crippen LogP) is 3.35. The molecule has 0 saturated heterocycles. The largest absolute Gasteiger partial charge is 0.469 e. The van der Waals surface area contributed by atoms with Crippen LogP contribution in [0.5, 0.6) is 5.75 Å². The molecule has 0 radical (unpaired) electrons. The Kier molecular flexibility index (Phi) is 7.50. The first kappa shape index (κ1) is 30.5. The summed E-state index contributed by atoms with van der Waals surface area (Å²) in [5, 5.41) is 19.8. The van der Waals surface area contributed by atoms with Gasteiger partial charge in [0, 0.05) is 17.7 Å². The lowest BCUT2D eigenvalue weighted by atomic mass is 9.72. The number of oxazole rings is 2. The quantitative estimate of drug-likeness (QED) is 0.207. The summed E-state index contributed by atoms with van der Waals surface area (Å²) in [7, 11) is 0. The molecule has 4 aromatic rings. The van der Waals surface area contributed by atoms with Crippen molar-refractivity contribution in [2.75, 3.05) is 5.32 Å². The number of amides is 2. The van der Waals surface area contributed by atoms with Crippen LogP contribution in [-0.4, -0.2) is 51.7 Å². The Morgan fingerprint density at radius 2 is 1.96 bits per heavy atom. The zero-order chi connectivity index (χ0) is 33.0. The van der Waals surface area contributed by atoms with Crippen LogP contribution in [0.2, 0.25) is 0 Å². The molecule has 4 unspecified atom stereocenters. The van der Waals surface area contributed by atoms with Crippen molar-refractivity contribution in [3.63, 3.8) is 0 Å². The van der Waals surface area contributed by atoms with E-state index in [-0.39, 0.29) is 36.6 Å². The number of anilines is 1. The highest BCUT2D eigenvalue weighted by molar-refractivity contribution is 5.90. The normalized spacial score (nSPS) is 23.0. The van der Waals surface area contributed by atoms with Crippen LogP contribution < -0.4 is 20.7 Å². The molecule has 0 saturated carbocycles. The van der Waals surface area contributed by atoms with E-state index in [4.69, 9.17) is 23.3 Å². The third-order valence-electron chi connectivity index (χ3n) is 9.00. The molecule has 13 heteroatoms. The van der Waals surface area contributed by atoms with Gasteiger partial charge in [0.25, 0.3) is 6.47 Å². The highest BCUT2D eigenvalue weighted by Gasteiger charge is 2.61. The number of benzene rings is 2. The number of carbonyl (C=O) groups is 3. The van der Waals surface area contributed by atoms with Crippen LogP contribution in [0.25, 0.3) is 11.6 Å². The summed E-state index contributed by atoms with van der Waals surface area (Å²) in [6.45, 7) is 7.54. The third-order valence-corrected chi connectivity index (χ3v) is 9.00. The molecule has 7 rings (SSSR count). The van der Waals surface area contributed by atoms with Crippen LogP contribution in [0.1, 0.15) is 67.8 Å². The lowest BCUT2D eigenvalue weighted by Gasteiger charge is -2.29. The van der Waals surface area contributed by atoms with Gasteiger partial charge >= 0.3 is 0 Å². The molecule has 3 aliphatic heterocycles. The summed E-state index contributed by atoms with van der Waals surface area (Å²) in [6, 6.07) is 11.7. The average molecular weight is 642 g/mol. The second kappa shape index (κ2) is 11.6. The SMILES string of the molecule is CC(C)C1NC(=O)C(NC(=O)[C@@H](O)C(C)C)Cc2ccc3c(c2)C2(c4ccccc4NC2O3)c2oc1nc2-c1nc(COC=O)co1. The number of aromatic nitrogens is 2. The van der Waals surface area contributed by atoms with E-state index in [2.05, 4.69) is 20.9 Å². The maximum atomic E-state index is 13.9. The number of hydrogen-bond donors (Lipinski definition) is 4. The van der Waals surface area contributed by atoms with Crippen LogP contribution in [0.4, 0.5) is 5.69 Å². The van der Waals surface area contributed by atoms with Gasteiger partial charge in [-0.1, -0.05) is 58.0 Å². The van der Waals surface area contributed by atoms with Crippen LogP contribution in [0, 0.1) is 11.8 Å². The second-order valence-electron chi connectivity index (χ2n) is 12.8. The van der Waals surface area contributed by atoms with Gasteiger partial charge < -0.3 is 39.4 Å². The minimum Gasteiger partial charge on any atom is -0.469 e. The molecule has 2 aromatic heterocycles. The minimum absolute atomic E-state index is 0.0935. The summed E-state index contributed by atoms with van der Waals surface area (Å²) in [5.41, 5.74) is 2.86. The molecule has 3 aliphatic rings. The smallest absolute Gasteiger partial charge is 0.293 e. The minimum atomic E-state index is -1.29. The topological polar surface area (TPSA) is 178 Å². The molecule has 244 valence electrons. The molecule has 1 spiro atoms. The van der Waals surface area contributed by atoms with E-state index in [0.717, 1.165) is 22.4 Å². The number of fused-ring (bicyclic) bond motifs is 4. The van der Waals surface area contributed by atoms with E-state index in [1.54, 1.807) is 13.8 Å². The number of nitrogens with one attached hydrogen (secondary N) is 3. The van der Waals surface area contributed by atoms with Gasteiger partial charge in [-0.25, -0.2) is 9.97 Å². The maximum Gasteiger partial charge on any atom is 0.293 e. The van der Waals surface area contributed by atoms with Crippen molar-refractivity contribution in [3.05, 3.63) is 82.8 Å². The van der Waals surface area contributed by atoms with E-state index >= 15 is 0 Å². The number of aliphatic hydroxyl groups is 1. The van der Waals surface area contributed by atoms with Gasteiger partial charge in [-0.15, -0.1) is 0 Å². The molecule has 4 N–H and O–H groups in total. The summed E-state index contributed by atoms with van der Waals surface area (Å²) < 4.78 is 24.1. The van der Waals surface area contributed by atoms with Crippen LogP contribution in [0.15, 0.2) is 57.6 Å². The average Bonchev–Trinajstić information content (AvgIpc) is 3.82. The van der Waals surface area contributed by atoms with Crippen molar-refractivity contribution in [1.82, 2.24) is 20.6 Å². The molecule has 0 fully saturated rings. The van der Waals surface area contributed by atoms with Gasteiger partial charge in [0.2, 0.25) is 23.6 Å². The van der Waals surface area contributed by atoms with Gasteiger partial charge in [-0.3, -0.25) is 14.4 Å². The van der Waals surface area contributed by atoms with Crippen molar-refractivity contribution in [1.29, 1.82) is 0 Å². The highest BCUT2D eigenvalue weighted by Crippen LogP contribution is 2.59. The summed E-state index contributed by atoms with van der Waals surface area (Å²) in [4.78, 5) is 47.3. The molecule has 0 aliphatic carbocycles. The molecule has 2 amide bonds. The fraction of sp³-hybridized carbons (Fsp3) is 0.382. The molecule has 13 nitrogen and oxygen atoms in total. The maximum absolute atomic E-state index is 13.9. The molecule has 5 heterocycles. The first-order chi connectivity index (χ1) is 22.6. The molecule has 5 atom stereocenters. The Labute approximate surface area is 270 Å². The Hall–Kier alpha value is -5.17. The zero-order valence-corrected chi connectivity index (χ0v) is 26.3. The number of rotatable bonds is 8. The second-order valence-corrected chi connectivity index (χ2v) is 12.8. The van der Waals surface area contributed by atoms with Crippen molar-refractivity contribution in [3.8, 4) is 17.3 Å². The fourth-order valence-electron chi connectivity index (χ4n) is 6.61. The van der Waals surface area contributed by atoms with Gasteiger partial charge in [-0.2, -0.15) is 0 Å². The lowest BCUT2D eigenvalue weighted by Crippen LogP contribution is -2.52.